The van der Waals surface area contributed by atoms with E-state index in [1.54, 1.807) is 0 Å². The number of nitrogens with one attached hydrogen (secondary N) is 1. The molecule has 1 aromatic carbocycles. The zero-order chi connectivity index (χ0) is 15.4. The van der Waals surface area contributed by atoms with E-state index >= 15 is 0 Å². The van der Waals surface area contributed by atoms with Gasteiger partial charge in [0.25, 0.3) is 0 Å². The molecule has 1 N–H and O–H groups in total. The molecule has 0 saturated carbocycles. The van der Waals surface area contributed by atoms with Crippen LogP contribution in [0.15, 0.2) is 18.2 Å². The summed E-state index contributed by atoms with van der Waals surface area (Å²) in [5.74, 6) is 2.45. The van der Waals surface area contributed by atoms with Crippen LogP contribution in [0.3, 0.4) is 0 Å². The SMILES string of the molecule is CCn1c(CCNCC(C)C)nc2cc(C(C)C)ccc21. The van der Waals surface area contributed by atoms with E-state index in [0.717, 1.165) is 31.6 Å². The summed E-state index contributed by atoms with van der Waals surface area (Å²) >= 11 is 0. The zero-order valence-corrected chi connectivity index (χ0v) is 14.1. The lowest BCUT2D eigenvalue weighted by molar-refractivity contribution is 0.545. The molecule has 21 heavy (non-hydrogen) atoms. The van der Waals surface area contributed by atoms with Crippen molar-refractivity contribution in [2.75, 3.05) is 13.1 Å². The molecule has 3 nitrogen and oxygen atoms in total. The Bertz CT molecular complexity index is 581. The summed E-state index contributed by atoms with van der Waals surface area (Å²) < 4.78 is 2.34. The van der Waals surface area contributed by atoms with Gasteiger partial charge < -0.3 is 9.88 Å². The van der Waals surface area contributed by atoms with E-state index in [9.17, 15) is 0 Å². The molecular weight excluding hydrogens is 258 g/mol. The van der Waals surface area contributed by atoms with Crippen LogP contribution in [0.5, 0.6) is 0 Å². The van der Waals surface area contributed by atoms with Crippen molar-refractivity contribution in [1.82, 2.24) is 14.9 Å². The van der Waals surface area contributed by atoms with E-state index in [2.05, 4.69) is 62.7 Å². The highest BCUT2D eigenvalue weighted by molar-refractivity contribution is 5.77. The summed E-state index contributed by atoms with van der Waals surface area (Å²) in [4.78, 5) is 4.87. The third kappa shape index (κ3) is 3.85. The average molecular weight is 287 g/mol. The van der Waals surface area contributed by atoms with Gasteiger partial charge in [-0.15, -0.1) is 0 Å². The van der Waals surface area contributed by atoms with Gasteiger partial charge in [0.2, 0.25) is 0 Å². The zero-order valence-electron chi connectivity index (χ0n) is 14.1. The number of fused-ring (bicyclic) bond motifs is 1. The van der Waals surface area contributed by atoms with Crippen LogP contribution >= 0.6 is 0 Å². The van der Waals surface area contributed by atoms with Gasteiger partial charge in [-0.3, -0.25) is 0 Å². The van der Waals surface area contributed by atoms with Crippen LogP contribution in [0, 0.1) is 5.92 Å². The number of hydrogen-bond acceptors (Lipinski definition) is 2. The second kappa shape index (κ2) is 7.08. The molecule has 2 aromatic rings. The number of aromatic nitrogens is 2. The maximum atomic E-state index is 4.87. The highest BCUT2D eigenvalue weighted by Gasteiger charge is 2.10. The van der Waals surface area contributed by atoms with Gasteiger partial charge >= 0.3 is 0 Å². The molecule has 0 aliphatic rings. The molecule has 1 aromatic heterocycles. The minimum atomic E-state index is 0.553. The number of rotatable bonds is 7. The fraction of sp³-hybridized carbons (Fsp3) is 0.611. The van der Waals surface area contributed by atoms with Crippen molar-refractivity contribution in [2.45, 2.75) is 53.5 Å². The maximum absolute atomic E-state index is 4.87. The van der Waals surface area contributed by atoms with Crippen molar-refractivity contribution in [1.29, 1.82) is 0 Å². The summed E-state index contributed by atoms with van der Waals surface area (Å²) in [5.41, 5.74) is 3.77. The van der Waals surface area contributed by atoms with Gasteiger partial charge in [-0.05, 0) is 43.0 Å². The van der Waals surface area contributed by atoms with Gasteiger partial charge in [-0.25, -0.2) is 4.98 Å². The summed E-state index contributed by atoms with van der Waals surface area (Å²) in [6.45, 7) is 14.2. The van der Waals surface area contributed by atoms with E-state index < -0.39 is 0 Å². The predicted octanol–water partition coefficient (Wildman–Crippen LogP) is 3.97. The first-order valence-electron chi connectivity index (χ1n) is 8.22. The van der Waals surface area contributed by atoms with Crippen LogP contribution in [-0.4, -0.2) is 22.6 Å². The van der Waals surface area contributed by atoms with Gasteiger partial charge in [0.1, 0.15) is 5.82 Å². The largest absolute Gasteiger partial charge is 0.328 e. The molecule has 0 fully saturated rings. The van der Waals surface area contributed by atoms with Crippen molar-refractivity contribution in [3.8, 4) is 0 Å². The topological polar surface area (TPSA) is 29.9 Å². The molecule has 0 saturated heterocycles. The van der Waals surface area contributed by atoms with Crippen LogP contribution in [0.2, 0.25) is 0 Å². The normalized spacial score (nSPS) is 12.0. The van der Waals surface area contributed by atoms with Crippen LogP contribution in [-0.2, 0) is 13.0 Å². The lowest BCUT2D eigenvalue weighted by atomic mass is 10.0. The number of nitrogens with zero attached hydrogens (tertiary/aromatic N) is 2. The Morgan fingerprint density at radius 1 is 1.19 bits per heavy atom. The Kier molecular flexibility index (Phi) is 5.40. The van der Waals surface area contributed by atoms with Crippen LogP contribution in [0.25, 0.3) is 11.0 Å². The summed E-state index contributed by atoms with van der Waals surface area (Å²) in [6, 6.07) is 6.71. The van der Waals surface area contributed by atoms with Gasteiger partial charge in [0.15, 0.2) is 0 Å². The highest BCUT2D eigenvalue weighted by atomic mass is 15.1. The summed E-state index contributed by atoms with van der Waals surface area (Å²) in [7, 11) is 0. The number of aryl methyl sites for hydroxylation is 1. The van der Waals surface area contributed by atoms with Crippen LogP contribution in [0.1, 0.15) is 51.9 Å². The standard InChI is InChI=1S/C18H29N3/c1-6-21-17-8-7-15(14(4)5)11-16(17)20-18(21)9-10-19-12-13(2)3/h7-8,11,13-14,19H,6,9-10,12H2,1-5H3. The molecule has 116 valence electrons. The molecule has 2 rings (SSSR count). The fourth-order valence-electron chi connectivity index (χ4n) is 2.69. The second-order valence-corrected chi connectivity index (χ2v) is 6.52. The van der Waals surface area contributed by atoms with Crippen LogP contribution < -0.4 is 5.32 Å². The lowest BCUT2D eigenvalue weighted by Crippen LogP contribution is -2.23. The van der Waals surface area contributed by atoms with Crippen molar-refractivity contribution in [3.05, 3.63) is 29.6 Å². The van der Waals surface area contributed by atoms with Gasteiger partial charge in [0, 0.05) is 19.5 Å². The Labute approximate surface area is 128 Å². The lowest BCUT2D eigenvalue weighted by Gasteiger charge is -2.09. The first-order valence-corrected chi connectivity index (χ1v) is 8.22. The van der Waals surface area contributed by atoms with E-state index in [4.69, 9.17) is 4.98 Å². The minimum Gasteiger partial charge on any atom is -0.328 e. The van der Waals surface area contributed by atoms with Crippen molar-refractivity contribution >= 4 is 11.0 Å². The van der Waals surface area contributed by atoms with E-state index in [0.29, 0.717) is 11.8 Å². The molecule has 0 atom stereocenters. The third-order valence-electron chi connectivity index (χ3n) is 3.91. The maximum Gasteiger partial charge on any atom is 0.111 e. The number of imidazole rings is 1. The molecule has 1 heterocycles. The van der Waals surface area contributed by atoms with Crippen LogP contribution in [0.4, 0.5) is 0 Å². The van der Waals surface area contributed by atoms with E-state index in [1.165, 1.54) is 16.9 Å². The van der Waals surface area contributed by atoms with Crippen molar-refractivity contribution in [2.24, 2.45) is 5.92 Å². The van der Waals surface area contributed by atoms with Gasteiger partial charge in [0.05, 0.1) is 11.0 Å². The molecule has 0 bridgehead atoms. The first kappa shape index (κ1) is 16.0. The first-order chi connectivity index (χ1) is 10.0. The monoisotopic (exact) mass is 287 g/mol. The second-order valence-electron chi connectivity index (χ2n) is 6.52. The fourth-order valence-corrected chi connectivity index (χ4v) is 2.69. The Balaban J connectivity index is 2.18. The Morgan fingerprint density at radius 3 is 2.57 bits per heavy atom. The van der Waals surface area contributed by atoms with Gasteiger partial charge in [-0.2, -0.15) is 0 Å². The summed E-state index contributed by atoms with van der Waals surface area (Å²) in [5, 5.41) is 3.51. The molecule has 0 aliphatic carbocycles. The van der Waals surface area contributed by atoms with Crippen molar-refractivity contribution in [3.63, 3.8) is 0 Å². The molecule has 0 spiro atoms. The van der Waals surface area contributed by atoms with Gasteiger partial charge in [-0.1, -0.05) is 33.8 Å². The summed E-state index contributed by atoms with van der Waals surface area (Å²) in [6.07, 6.45) is 0.992. The van der Waals surface area contributed by atoms with E-state index in [-0.39, 0.29) is 0 Å². The molecular formula is C18H29N3. The molecule has 0 amide bonds. The van der Waals surface area contributed by atoms with Crippen molar-refractivity contribution < 1.29 is 0 Å². The Morgan fingerprint density at radius 2 is 1.95 bits per heavy atom. The highest BCUT2D eigenvalue weighted by Crippen LogP contribution is 2.22. The molecule has 0 radical (unpaired) electrons. The average Bonchev–Trinajstić information content (AvgIpc) is 2.79. The molecule has 0 unspecified atom stereocenters. The third-order valence-corrected chi connectivity index (χ3v) is 3.91. The molecule has 0 aliphatic heterocycles. The predicted molar refractivity (Wildman–Crippen MR) is 90.9 cm³/mol. The Hall–Kier alpha value is -1.35. The quantitative estimate of drug-likeness (QED) is 0.781. The van der Waals surface area contributed by atoms with E-state index in [1.807, 2.05) is 0 Å². The number of benzene rings is 1. The number of hydrogen-bond donors (Lipinski definition) is 1. The minimum absolute atomic E-state index is 0.553. The smallest absolute Gasteiger partial charge is 0.111 e. The molecule has 3 heteroatoms.